The SMILES string of the molecule is CCCCCCCCC(=O)c1cc(C)c(C)cc1C. The molecule has 0 N–H and O–H groups in total. The van der Waals surface area contributed by atoms with E-state index in [4.69, 9.17) is 0 Å². The summed E-state index contributed by atoms with van der Waals surface area (Å²) in [5.74, 6) is 0.316. The fraction of sp³-hybridized carbons (Fsp3) is 0.611. The van der Waals surface area contributed by atoms with Gasteiger partial charge in [-0.2, -0.15) is 0 Å². The number of Topliss-reactive ketones (excluding diaryl/α,β-unsaturated/α-hetero) is 1. The minimum atomic E-state index is 0.316. The minimum absolute atomic E-state index is 0.316. The van der Waals surface area contributed by atoms with Crippen LogP contribution in [0.2, 0.25) is 0 Å². The molecule has 19 heavy (non-hydrogen) atoms. The highest BCUT2D eigenvalue weighted by Gasteiger charge is 2.10. The van der Waals surface area contributed by atoms with Crippen LogP contribution < -0.4 is 0 Å². The number of carbonyl (C=O) groups is 1. The Kier molecular flexibility index (Phi) is 6.83. The summed E-state index contributed by atoms with van der Waals surface area (Å²) in [6.07, 6.45) is 8.12. The van der Waals surface area contributed by atoms with E-state index >= 15 is 0 Å². The molecule has 0 aliphatic heterocycles. The summed E-state index contributed by atoms with van der Waals surface area (Å²) in [5.41, 5.74) is 4.54. The molecule has 0 spiro atoms. The highest BCUT2D eigenvalue weighted by Crippen LogP contribution is 2.18. The van der Waals surface area contributed by atoms with Crippen molar-refractivity contribution in [1.82, 2.24) is 0 Å². The molecule has 0 radical (unpaired) electrons. The predicted octanol–water partition coefficient (Wildman–Crippen LogP) is 5.55. The Hall–Kier alpha value is -1.11. The predicted molar refractivity (Wildman–Crippen MR) is 83.0 cm³/mol. The molecule has 0 unspecified atom stereocenters. The Bertz CT molecular complexity index is 418. The first kappa shape index (κ1) is 15.9. The third-order valence-corrected chi connectivity index (χ3v) is 3.90. The van der Waals surface area contributed by atoms with Crippen molar-refractivity contribution in [1.29, 1.82) is 0 Å². The molecule has 0 saturated heterocycles. The van der Waals surface area contributed by atoms with Gasteiger partial charge in [-0.1, -0.05) is 45.1 Å². The van der Waals surface area contributed by atoms with Crippen molar-refractivity contribution >= 4 is 5.78 Å². The van der Waals surface area contributed by atoms with E-state index in [0.29, 0.717) is 12.2 Å². The third-order valence-electron chi connectivity index (χ3n) is 3.90. The summed E-state index contributed by atoms with van der Waals surface area (Å²) in [7, 11) is 0. The Morgan fingerprint density at radius 3 is 2.11 bits per heavy atom. The lowest BCUT2D eigenvalue weighted by molar-refractivity contribution is 0.0978. The van der Waals surface area contributed by atoms with Gasteiger partial charge in [0.05, 0.1) is 0 Å². The van der Waals surface area contributed by atoms with Gasteiger partial charge in [0.1, 0.15) is 0 Å². The quantitative estimate of drug-likeness (QED) is 0.442. The molecule has 1 aromatic rings. The van der Waals surface area contributed by atoms with Crippen molar-refractivity contribution in [3.8, 4) is 0 Å². The van der Waals surface area contributed by atoms with Crippen LogP contribution in [0.15, 0.2) is 12.1 Å². The van der Waals surface area contributed by atoms with Gasteiger partial charge in [-0.3, -0.25) is 4.79 Å². The van der Waals surface area contributed by atoms with Crippen molar-refractivity contribution in [2.45, 2.75) is 72.6 Å². The topological polar surface area (TPSA) is 17.1 Å². The largest absolute Gasteiger partial charge is 0.294 e. The molecule has 1 aromatic carbocycles. The van der Waals surface area contributed by atoms with Gasteiger partial charge in [0.2, 0.25) is 0 Å². The molecule has 0 bridgehead atoms. The van der Waals surface area contributed by atoms with Crippen molar-refractivity contribution in [2.24, 2.45) is 0 Å². The zero-order chi connectivity index (χ0) is 14.3. The van der Waals surface area contributed by atoms with Crippen LogP contribution in [0.4, 0.5) is 0 Å². The Balaban J connectivity index is 2.43. The number of hydrogen-bond donors (Lipinski definition) is 0. The maximum atomic E-state index is 12.2. The molecule has 0 aliphatic rings. The summed E-state index contributed by atoms with van der Waals surface area (Å²) in [4.78, 5) is 12.2. The second-order valence-corrected chi connectivity index (χ2v) is 5.69. The lowest BCUT2D eigenvalue weighted by atomic mass is 9.95. The number of unbranched alkanes of at least 4 members (excludes halogenated alkanes) is 5. The average molecular weight is 260 g/mol. The van der Waals surface area contributed by atoms with Gasteiger partial charge in [-0.05, 0) is 49.9 Å². The molecule has 1 rings (SSSR count). The number of carbonyl (C=O) groups excluding carboxylic acids is 1. The van der Waals surface area contributed by atoms with Crippen LogP contribution in [-0.4, -0.2) is 5.78 Å². The zero-order valence-electron chi connectivity index (χ0n) is 13.0. The Morgan fingerprint density at radius 2 is 1.42 bits per heavy atom. The van der Waals surface area contributed by atoms with Crippen LogP contribution in [-0.2, 0) is 0 Å². The van der Waals surface area contributed by atoms with Crippen molar-refractivity contribution in [3.63, 3.8) is 0 Å². The molecule has 0 atom stereocenters. The number of benzene rings is 1. The van der Waals surface area contributed by atoms with Crippen LogP contribution in [0.1, 0.15) is 78.9 Å². The van der Waals surface area contributed by atoms with E-state index in [1.54, 1.807) is 0 Å². The highest BCUT2D eigenvalue weighted by molar-refractivity contribution is 5.97. The summed E-state index contributed by atoms with van der Waals surface area (Å²) >= 11 is 0. The smallest absolute Gasteiger partial charge is 0.163 e. The van der Waals surface area contributed by atoms with Crippen LogP contribution in [0.5, 0.6) is 0 Å². The maximum absolute atomic E-state index is 12.2. The highest BCUT2D eigenvalue weighted by atomic mass is 16.1. The Morgan fingerprint density at radius 1 is 0.842 bits per heavy atom. The minimum Gasteiger partial charge on any atom is -0.294 e. The number of rotatable bonds is 8. The summed E-state index contributed by atoms with van der Waals surface area (Å²) in [6.45, 7) is 8.45. The van der Waals surface area contributed by atoms with E-state index in [-0.39, 0.29) is 0 Å². The molecule has 0 aromatic heterocycles. The number of hydrogen-bond acceptors (Lipinski definition) is 1. The molecular formula is C18H28O. The van der Waals surface area contributed by atoms with Gasteiger partial charge in [0.25, 0.3) is 0 Å². The monoisotopic (exact) mass is 260 g/mol. The van der Waals surface area contributed by atoms with Crippen molar-refractivity contribution < 1.29 is 4.79 Å². The average Bonchev–Trinajstić information content (AvgIpc) is 2.37. The van der Waals surface area contributed by atoms with Gasteiger partial charge in [-0.15, -0.1) is 0 Å². The molecule has 1 nitrogen and oxygen atoms in total. The van der Waals surface area contributed by atoms with Gasteiger partial charge in [-0.25, -0.2) is 0 Å². The summed E-state index contributed by atoms with van der Waals surface area (Å²) in [5, 5.41) is 0. The standard InChI is InChI=1S/C18H28O/c1-5-6-7-8-9-10-11-18(19)17-13-15(3)14(2)12-16(17)4/h12-13H,5-11H2,1-4H3. The van der Waals surface area contributed by atoms with E-state index < -0.39 is 0 Å². The van der Waals surface area contributed by atoms with Gasteiger partial charge < -0.3 is 0 Å². The summed E-state index contributed by atoms with van der Waals surface area (Å²) < 4.78 is 0. The summed E-state index contributed by atoms with van der Waals surface area (Å²) in [6, 6.07) is 4.19. The zero-order valence-corrected chi connectivity index (χ0v) is 13.0. The lowest BCUT2D eigenvalue weighted by Gasteiger charge is -2.09. The fourth-order valence-electron chi connectivity index (χ4n) is 2.46. The van der Waals surface area contributed by atoms with E-state index in [0.717, 1.165) is 17.5 Å². The molecular weight excluding hydrogens is 232 g/mol. The number of aryl methyl sites for hydroxylation is 3. The van der Waals surface area contributed by atoms with Crippen LogP contribution in [0, 0.1) is 20.8 Å². The van der Waals surface area contributed by atoms with E-state index in [1.807, 2.05) is 6.92 Å². The third kappa shape index (κ3) is 5.18. The molecule has 0 amide bonds. The van der Waals surface area contributed by atoms with Crippen molar-refractivity contribution in [2.75, 3.05) is 0 Å². The molecule has 0 saturated carbocycles. The number of ketones is 1. The molecule has 106 valence electrons. The Labute approximate surface area is 118 Å². The van der Waals surface area contributed by atoms with Gasteiger partial charge in [0, 0.05) is 12.0 Å². The van der Waals surface area contributed by atoms with Gasteiger partial charge >= 0.3 is 0 Å². The van der Waals surface area contributed by atoms with Crippen LogP contribution in [0.3, 0.4) is 0 Å². The first-order valence-corrected chi connectivity index (χ1v) is 7.67. The fourth-order valence-corrected chi connectivity index (χ4v) is 2.46. The molecule has 0 heterocycles. The first-order valence-electron chi connectivity index (χ1n) is 7.67. The first-order chi connectivity index (χ1) is 9.06. The second kappa shape index (κ2) is 8.14. The van der Waals surface area contributed by atoms with E-state index in [2.05, 4.69) is 32.9 Å². The molecule has 0 aliphatic carbocycles. The lowest BCUT2D eigenvalue weighted by Crippen LogP contribution is -2.03. The normalized spacial score (nSPS) is 10.7. The molecule has 1 heteroatoms. The maximum Gasteiger partial charge on any atom is 0.163 e. The van der Waals surface area contributed by atoms with Crippen LogP contribution >= 0.6 is 0 Å². The van der Waals surface area contributed by atoms with Crippen LogP contribution in [0.25, 0.3) is 0 Å². The van der Waals surface area contributed by atoms with E-state index in [1.165, 1.54) is 43.2 Å². The second-order valence-electron chi connectivity index (χ2n) is 5.69. The van der Waals surface area contributed by atoms with Crippen molar-refractivity contribution in [3.05, 3.63) is 34.4 Å². The van der Waals surface area contributed by atoms with E-state index in [9.17, 15) is 4.79 Å². The molecule has 0 fully saturated rings. The van der Waals surface area contributed by atoms with Gasteiger partial charge in [0.15, 0.2) is 5.78 Å².